The minimum Gasteiger partial charge on any atom is -0.493 e. The molecule has 4 aliphatic rings. The summed E-state index contributed by atoms with van der Waals surface area (Å²) in [5.41, 5.74) is 2.60. The van der Waals surface area contributed by atoms with Crippen LogP contribution in [0.1, 0.15) is 75.8 Å². The van der Waals surface area contributed by atoms with E-state index >= 15 is 8.78 Å². The van der Waals surface area contributed by atoms with Crippen molar-refractivity contribution in [3.05, 3.63) is 29.1 Å². The number of anilines is 1. The van der Waals surface area contributed by atoms with E-state index in [4.69, 9.17) is 4.74 Å². The van der Waals surface area contributed by atoms with Gasteiger partial charge in [-0.15, -0.1) is 0 Å². The highest BCUT2D eigenvalue weighted by Gasteiger charge is 2.50. The summed E-state index contributed by atoms with van der Waals surface area (Å²) in [5.74, 6) is 0.767. The summed E-state index contributed by atoms with van der Waals surface area (Å²) in [5, 5.41) is 10.4. The molecule has 0 spiro atoms. The van der Waals surface area contributed by atoms with Gasteiger partial charge in [0.1, 0.15) is 11.9 Å². The molecule has 36 heavy (non-hydrogen) atoms. The zero-order chi connectivity index (χ0) is 25.3. The number of fused-ring (bicyclic) bond motifs is 1. The lowest BCUT2D eigenvalue weighted by Gasteiger charge is -2.51. The molecule has 7 heteroatoms. The van der Waals surface area contributed by atoms with Crippen LogP contribution in [0.4, 0.5) is 14.5 Å². The van der Waals surface area contributed by atoms with Gasteiger partial charge >= 0.3 is 0 Å². The summed E-state index contributed by atoms with van der Waals surface area (Å²) in [6.45, 7) is 4.49. The standard InChI is InChI=1S/C29H44F2N4O/c1-29(21-11-5-4-6-12-21)28(31)23(32-2)18-24(34-29)33-22-17-20-10-8-16-36-27(20)25(26(22)30)19-9-7-14-35(3)15-13-19/h13,17,21,23-24,28,32-34H,4-12,14-16,18H2,1-3H3. The first-order valence-electron chi connectivity index (χ1n) is 14.1. The van der Waals surface area contributed by atoms with Gasteiger partial charge in [-0.3, -0.25) is 5.32 Å². The Hall–Kier alpha value is -1.70. The van der Waals surface area contributed by atoms with Gasteiger partial charge in [-0.2, -0.15) is 0 Å². The number of nitrogens with one attached hydrogen (secondary N) is 3. The molecule has 1 saturated heterocycles. The van der Waals surface area contributed by atoms with E-state index in [0.29, 0.717) is 24.3 Å². The molecule has 200 valence electrons. The SMILES string of the molecule is CNC1CC(Nc2cc3c(c(C4=CCN(C)CCC4)c2F)OCCC3)NC(C)(C2CCCCC2)C1F. The van der Waals surface area contributed by atoms with Crippen LogP contribution < -0.4 is 20.7 Å². The van der Waals surface area contributed by atoms with E-state index in [0.717, 1.165) is 81.3 Å². The van der Waals surface area contributed by atoms with E-state index in [1.807, 2.05) is 20.0 Å². The predicted octanol–water partition coefficient (Wildman–Crippen LogP) is 5.26. The van der Waals surface area contributed by atoms with Gasteiger partial charge in [0, 0.05) is 12.6 Å². The molecule has 1 saturated carbocycles. The minimum atomic E-state index is -0.992. The van der Waals surface area contributed by atoms with Gasteiger partial charge in [-0.25, -0.2) is 8.78 Å². The lowest BCUT2D eigenvalue weighted by Crippen LogP contribution is -2.70. The van der Waals surface area contributed by atoms with Gasteiger partial charge in [0.15, 0.2) is 5.82 Å². The number of halogens is 2. The van der Waals surface area contributed by atoms with Crippen LogP contribution in [0.3, 0.4) is 0 Å². The molecule has 1 aliphatic carbocycles. The Morgan fingerprint density at radius 3 is 2.72 bits per heavy atom. The van der Waals surface area contributed by atoms with E-state index in [1.165, 1.54) is 6.42 Å². The first-order valence-corrected chi connectivity index (χ1v) is 14.1. The normalized spacial score (nSPS) is 32.2. The summed E-state index contributed by atoms with van der Waals surface area (Å²) in [6, 6.07) is 1.66. The lowest BCUT2D eigenvalue weighted by molar-refractivity contribution is 0.0147. The van der Waals surface area contributed by atoms with E-state index in [2.05, 4.69) is 34.0 Å². The molecule has 5 nitrogen and oxygen atoms in total. The molecule has 0 amide bonds. The van der Waals surface area contributed by atoms with Crippen molar-refractivity contribution in [2.24, 2.45) is 5.92 Å². The molecule has 1 aromatic carbocycles. The number of ether oxygens (including phenoxy) is 1. The number of piperidine rings is 1. The minimum absolute atomic E-state index is 0.222. The Kier molecular flexibility index (Phi) is 7.89. The van der Waals surface area contributed by atoms with E-state index in [1.54, 1.807) is 0 Å². The summed E-state index contributed by atoms with van der Waals surface area (Å²) in [7, 11) is 3.94. The number of nitrogens with zero attached hydrogens (tertiary/aromatic N) is 1. The van der Waals surface area contributed by atoms with Crippen molar-refractivity contribution in [3.8, 4) is 5.75 Å². The Labute approximate surface area is 215 Å². The maximum Gasteiger partial charge on any atom is 0.157 e. The zero-order valence-electron chi connectivity index (χ0n) is 22.3. The highest BCUT2D eigenvalue weighted by molar-refractivity contribution is 5.77. The van der Waals surface area contributed by atoms with Crippen LogP contribution in [0.25, 0.3) is 5.57 Å². The number of rotatable bonds is 5. The Morgan fingerprint density at radius 1 is 1.14 bits per heavy atom. The van der Waals surface area contributed by atoms with Crippen molar-refractivity contribution in [3.63, 3.8) is 0 Å². The number of aryl methyl sites for hydroxylation is 1. The average Bonchev–Trinajstić information content (AvgIpc) is 3.11. The number of alkyl halides is 1. The number of benzene rings is 1. The number of allylic oxidation sites excluding steroid dienone is 1. The van der Waals surface area contributed by atoms with Gasteiger partial charge in [0.25, 0.3) is 0 Å². The molecule has 3 aliphatic heterocycles. The second-order valence-corrected chi connectivity index (χ2v) is 11.6. The number of hydrogen-bond donors (Lipinski definition) is 3. The summed E-state index contributed by atoms with van der Waals surface area (Å²) >= 11 is 0. The third-order valence-corrected chi connectivity index (χ3v) is 9.14. The van der Waals surface area contributed by atoms with Gasteiger partial charge in [-0.1, -0.05) is 25.3 Å². The summed E-state index contributed by atoms with van der Waals surface area (Å²) in [6.07, 6.45) is 10.8. The van der Waals surface area contributed by atoms with Crippen LogP contribution in [-0.2, 0) is 6.42 Å². The van der Waals surface area contributed by atoms with Gasteiger partial charge in [0.2, 0.25) is 0 Å². The topological polar surface area (TPSA) is 48.6 Å². The van der Waals surface area contributed by atoms with E-state index in [9.17, 15) is 0 Å². The molecule has 3 heterocycles. The van der Waals surface area contributed by atoms with Gasteiger partial charge < -0.3 is 20.3 Å². The van der Waals surface area contributed by atoms with Crippen molar-refractivity contribution in [2.45, 2.75) is 95.1 Å². The van der Waals surface area contributed by atoms with Crippen LogP contribution in [0.15, 0.2) is 12.1 Å². The molecule has 0 radical (unpaired) electrons. The van der Waals surface area contributed by atoms with Crippen LogP contribution in [0.2, 0.25) is 0 Å². The highest BCUT2D eigenvalue weighted by Crippen LogP contribution is 2.43. The molecule has 2 fully saturated rings. The van der Waals surface area contributed by atoms with Crippen molar-refractivity contribution >= 4 is 11.3 Å². The number of hydrogen-bond acceptors (Lipinski definition) is 5. The fourth-order valence-electron chi connectivity index (χ4n) is 7.00. The summed E-state index contributed by atoms with van der Waals surface area (Å²) in [4.78, 5) is 2.27. The monoisotopic (exact) mass is 502 g/mol. The molecule has 0 bridgehead atoms. The number of likely N-dealkylation sites (N-methyl/N-ethyl adjacent to an activating group) is 1. The average molecular weight is 503 g/mol. The zero-order valence-corrected chi connectivity index (χ0v) is 22.3. The fourth-order valence-corrected chi connectivity index (χ4v) is 7.00. The predicted molar refractivity (Wildman–Crippen MR) is 143 cm³/mol. The van der Waals surface area contributed by atoms with Crippen LogP contribution >= 0.6 is 0 Å². The molecule has 1 aromatic rings. The molecule has 4 atom stereocenters. The first-order chi connectivity index (χ1) is 17.4. The van der Waals surface area contributed by atoms with Crippen molar-refractivity contribution in [1.82, 2.24) is 15.5 Å². The van der Waals surface area contributed by atoms with Crippen molar-refractivity contribution < 1.29 is 13.5 Å². The van der Waals surface area contributed by atoms with Gasteiger partial charge in [0.05, 0.1) is 29.6 Å². The Balaban J connectivity index is 1.47. The molecular weight excluding hydrogens is 458 g/mol. The van der Waals surface area contributed by atoms with Crippen LogP contribution in [0, 0.1) is 11.7 Å². The van der Waals surface area contributed by atoms with E-state index < -0.39 is 11.7 Å². The largest absolute Gasteiger partial charge is 0.493 e. The fraction of sp³-hybridized carbons (Fsp3) is 0.724. The van der Waals surface area contributed by atoms with Crippen molar-refractivity contribution in [1.29, 1.82) is 0 Å². The maximum atomic E-state index is 16.3. The molecule has 3 N–H and O–H groups in total. The quantitative estimate of drug-likeness (QED) is 0.513. The van der Waals surface area contributed by atoms with Crippen LogP contribution in [0.5, 0.6) is 5.75 Å². The first kappa shape index (κ1) is 25.9. The summed E-state index contributed by atoms with van der Waals surface area (Å²) < 4.78 is 38.2. The maximum absolute atomic E-state index is 16.3. The van der Waals surface area contributed by atoms with E-state index in [-0.39, 0.29) is 23.9 Å². The Morgan fingerprint density at radius 2 is 1.94 bits per heavy atom. The smallest absolute Gasteiger partial charge is 0.157 e. The lowest BCUT2D eigenvalue weighted by atomic mass is 9.69. The van der Waals surface area contributed by atoms with Gasteiger partial charge in [-0.05, 0) is 95.6 Å². The molecule has 5 rings (SSSR count). The molecule has 0 aromatic heterocycles. The third kappa shape index (κ3) is 5.03. The van der Waals surface area contributed by atoms with Crippen molar-refractivity contribution in [2.75, 3.05) is 39.1 Å². The second-order valence-electron chi connectivity index (χ2n) is 11.6. The second kappa shape index (κ2) is 11.0. The molecule has 4 unspecified atom stereocenters. The Bertz CT molecular complexity index is 959. The third-order valence-electron chi connectivity index (χ3n) is 9.14. The van der Waals surface area contributed by atoms with Crippen LogP contribution in [-0.4, -0.2) is 62.6 Å². The molecular formula is C29H44F2N4O. The highest BCUT2D eigenvalue weighted by atomic mass is 19.1.